The number of hydrogen-bond donors (Lipinski definition) is 0. The second-order valence-electron chi connectivity index (χ2n) is 6.08. The average Bonchev–Trinajstić information content (AvgIpc) is 2.62. The van der Waals surface area contributed by atoms with Gasteiger partial charge in [0, 0.05) is 4.47 Å². The Labute approximate surface area is 161 Å². The molecule has 0 aliphatic carbocycles. The number of carbonyl (C=O) groups is 2. The molecule has 0 amide bonds. The van der Waals surface area contributed by atoms with Gasteiger partial charge in [-0.15, -0.1) is 0 Å². The van der Waals surface area contributed by atoms with Crippen molar-refractivity contribution in [3.63, 3.8) is 0 Å². The van der Waals surface area contributed by atoms with E-state index in [2.05, 4.69) is 29.8 Å². The molecule has 0 atom stereocenters. The van der Waals surface area contributed by atoms with E-state index in [0.29, 0.717) is 28.3 Å². The van der Waals surface area contributed by atoms with Crippen molar-refractivity contribution < 1.29 is 23.8 Å². The average molecular weight is 421 g/mol. The largest absolute Gasteiger partial charge is 0.494 e. The molecule has 26 heavy (non-hydrogen) atoms. The number of halogens is 1. The standard InChI is InChI=1S/C20H21BrO5/c1-13(2)10-11-25-16-7-4-14(5-8-16)19(22)26-18-9-6-15(21)12-17(18)20(23)24-3/h4-9,12-13H,10-11H2,1-3H3. The summed E-state index contributed by atoms with van der Waals surface area (Å²) in [4.78, 5) is 24.2. The van der Waals surface area contributed by atoms with E-state index in [9.17, 15) is 9.59 Å². The van der Waals surface area contributed by atoms with Crippen molar-refractivity contribution >= 4 is 27.9 Å². The molecule has 0 bridgehead atoms. The summed E-state index contributed by atoms with van der Waals surface area (Å²) >= 11 is 3.28. The van der Waals surface area contributed by atoms with Crippen molar-refractivity contribution in [2.45, 2.75) is 20.3 Å². The topological polar surface area (TPSA) is 61.8 Å². The van der Waals surface area contributed by atoms with E-state index in [1.807, 2.05) is 0 Å². The van der Waals surface area contributed by atoms with Crippen LogP contribution in [0.1, 0.15) is 41.0 Å². The van der Waals surface area contributed by atoms with E-state index in [-0.39, 0.29) is 11.3 Å². The summed E-state index contributed by atoms with van der Waals surface area (Å²) in [6.07, 6.45) is 0.962. The van der Waals surface area contributed by atoms with Crippen molar-refractivity contribution in [1.82, 2.24) is 0 Å². The van der Waals surface area contributed by atoms with Crippen LogP contribution in [0.25, 0.3) is 0 Å². The van der Waals surface area contributed by atoms with E-state index in [0.717, 1.165) is 6.42 Å². The third-order valence-electron chi connectivity index (χ3n) is 3.60. The number of ether oxygens (including phenoxy) is 3. The van der Waals surface area contributed by atoms with Gasteiger partial charge in [-0.3, -0.25) is 0 Å². The summed E-state index contributed by atoms with van der Waals surface area (Å²) in [5, 5.41) is 0. The zero-order valence-corrected chi connectivity index (χ0v) is 16.5. The van der Waals surface area contributed by atoms with Gasteiger partial charge in [0.05, 0.1) is 19.3 Å². The molecule has 5 nitrogen and oxygen atoms in total. The fourth-order valence-corrected chi connectivity index (χ4v) is 2.48. The van der Waals surface area contributed by atoms with Crippen molar-refractivity contribution in [3.05, 3.63) is 58.1 Å². The fourth-order valence-electron chi connectivity index (χ4n) is 2.12. The lowest BCUT2D eigenvalue weighted by Gasteiger charge is -2.10. The predicted octanol–water partition coefficient (Wildman–Crippen LogP) is 4.88. The Morgan fingerprint density at radius 1 is 1.04 bits per heavy atom. The lowest BCUT2D eigenvalue weighted by Crippen LogP contribution is -2.12. The molecule has 0 aromatic heterocycles. The van der Waals surface area contributed by atoms with Crippen LogP contribution in [0.3, 0.4) is 0 Å². The van der Waals surface area contributed by atoms with Crippen LogP contribution in [-0.2, 0) is 4.74 Å². The molecule has 0 saturated carbocycles. The summed E-state index contributed by atoms with van der Waals surface area (Å²) in [7, 11) is 1.27. The highest BCUT2D eigenvalue weighted by molar-refractivity contribution is 9.10. The van der Waals surface area contributed by atoms with Crippen LogP contribution in [0.15, 0.2) is 46.9 Å². The van der Waals surface area contributed by atoms with Crippen molar-refractivity contribution in [3.8, 4) is 11.5 Å². The zero-order chi connectivity index (χ0) is 19.1. The van der Waals surface area contributed by atoms with Crippen LogP contribution in [0.4, 0.5) is 0 Å². The van der Waals surface area contributed by atoms with Crippen LogP contribution in [-0.4, -0.2) is 25.7 Å². The summed E-state index contributed by atoms with van der Waals surface area (Å²) in [6.45, 7) is 4.89. The van der Waals surface area contributed by atoms with Gasteiger partial charge < -0.3 is 14.2 Å². The Balaban J connectivity index is 2.07. The number of esters is 2. The first-order valence-corrected chi connectivity index (χ1v) is 9.03. The number of carbonyl (C=O) groups excluding carboxylic acids is 2. The van der Waals surface area contributed by atoms with Gasteiger partial charge in [-0.2, -0.15) is 0 Å². The lowest BCUT2D eigenvalue weighted by atomic mass is 10.1. The predicted molar refractivity (Wildman–Crippen MR) is 102 cm³/mol. The highest BCUT2D eigenvalue weighted by Gasteiger charge is 2.17. The van der Waals surface area contributed by atoms with Crippen molar-refractivity contribution in [1.29, 1.82) is 0 Å². The molecule has 0 saturated heterocycles. The number of hydrogen-bond acceptors (Lipinski definition) is 5. The Kier molecular flexibility index (Phi) is 7.21. The van der Waals surface area contributed by atoms with Crippen LogP contribution in [0, 0.1) is 5.92 Å². The molecular weight excluding hydrogens is 400 g/mol. The third-order valence-corrected chi connectivity index (χ3v) is 4.10. The molecule has 2 rings (SSSR count). The Morgan fingerprint density at radius 2 is 1.73 bits per heavy atom. The molecule has 2 aromatic rings. The van der Waals surface area contributed by atoms with Gasteiger partial charge >= 0.3 is 11.9 Å². The summed E-state index contributed by atoms with van der Waals surface area (Å²) < 4.78 is 16.4. The maximum atomic E-state index is 12.3. The molecule has 6 heteroatoms. The minimum absolute atomic E-state index is 0.141. The van der Waals surface area contributed by atoms with Crippen LogP contribution in [0.2, 0.25) is 0 Å². The fraction of sp³-hybridized carbons (Fsp3) is 0.300. The van der Waals surface area contributed by atoms with Gasteiger partial charge in [-0.1, -0.05) is 29.8 Å². The minimum atomic E-state index is -0.581. The van der Waals surface area contributed by atoms with Gasteiger partial charge in [0.2, 0.25) is 0 Å². The maximum absolute atomic E-state index is 12.3. The van der Waals surface area contributed by atoms with Crippen molar-refractivity contribution in [2.24, 2.45) is 5.92 Å². The monoisotopic (exact) mass is 420 g/mol. The third kappa shape index (κ3) is 5.59. The molecule has 0 spiro atoms. The van der Waals surface area contributed by atoms with E-state index in [1.54, 1.807) is 36.4 Å². The van der Waals surface area contributed by atoms with Crippen LogP contribution in [0.5, 0.6) is 11.5 Å². The van der Waals surface area contributed by atoms with Gasteiger partial charge in [-0.05, 0) is 54.8 Å². The number of rotatable bonds is 7. The first-order valence-electron chi connectivity index (χ1n) is 8.23. The summed E-state index contributed by atoms with van der Waals surface area (Å²) in [6, 6.07) is 11.5. The maximum Gasteiger partial charge on any atom is 0.343 e. The Bertz CT molecular complexity index is 768. The van der Waals surface area contributed by atoms with Gasteiger partial charge in [0.15, 0.2) is 0 Å². The molecule has 0 heterocycles. The second kappa shape index (κ2) is 9.38. The molecule has 0 aliphatic rings. The highest BCUT2D eigenvalue weighted by atomic mass is 79.9. The number of benzene rings is 2. The number of methoxy groups -OCH3 is 1. The normalized spacial score (nSPS) is 10.5. The van der Waals surface area contributed by atoms with Gasteiger partial charge in [0.1, 0.15) is 17.1 Å². The molecule has 0 unspecified atom stereocenters. The summed E-state index contributed by atoms with van der Waals surface area (Å²) in [5.41, 5.74) is 0.531. The van der Waals surface area contributed by atoms with E-state index in [1.165, 1.54) is 13.2 Å². The smallest absolute Gasteiger partial charge is 0.343 e. The van der Waals surface area contributed by atoms with Gasteiger partial charge in [0.25, 0.3) is 0 Å². The first-order chi connectivity index (χ1) is 12.4. The minimum Gasteiger partial charge on any atom is -0.494 e. The second-order valence-corrected chi connectivity index (χ2v) is 6.99. The molecule has 0 radical (unpaired) electrons. The lowest BCUT2D eigenvalue weighted by molar-refractivity contribution is 0.0593. The zero-order valence-electron chi connectivity index (χ0n) is 15.0. The SMILES string of the molecule is COC(=O)c1cc(Br)ccc1OC(=O)c1ccc(OCCC(C)C)cc1. The van der Waals surface area contributed by atoms with Crippen molar-refractivity contribution in [2.75, 3.05) is 13.7 Å². The van der Waals surface area contributed by atoms with Crippen LogP contribution < -0.4 is 9.47 Å². The summed E-state index contributed by atoms with van der Waals surface area (Å²) in [5.74, 6) is 0.261. The van der Waals surface area contributed by atoms with Gasteiger partial charge in [-0.25, -0.2) is 9.59 Å². The Hall–Kier alpha value is -2.34. The van der Waals surface area contributed by atoms with E-state index < -0.39 is 11.9 Å². The highest BCUT2D eigenvalue weighted by Crippen LogP contribution is 2.25. The Morgan fingerprint density at radius 3 is 2.35 bits per heavy atom. The molecule has 138 valence electrons. The molecule has 0 N–H and O–H groups in total. The first kappa shape index (κ1) is 20.0. The van der Waals surface area contributed by atoms with E-state index in [4.69, 9.17) is 14.2 Å². The molecule has 2 aromatic carbocycles. The van der Waals surface area contributed by atoms with E-state index >= 15 is 0 Å². The van der Waals surface area contributed by atoms with Crippen LogP contribution >= 0.6 is 15.9 Å². The molecule has 0 aliphatic heterocycles. The molecule has 0 fully saturated rings. The quantitative estimate of drug-likeness (QED) is 0.471. The molecular formula is C20H21BrO5.